The van der Waals surface area contributed by atoms with E-state index in [1.807, 2.05) is 17.5 Å². The van der Waals surface area contributed by atoms with E-state index < -0.39 is 10.0 Å². The molecule has 7 nitrogen and oxygen atoms in total. The molecule has 0 saturated heterocycles. The summed E-state index contributed by atoms with van der Waals surface area (Å²) >= 11 is 1.40. The number of nitrogens with zero attached hydrogens (tertiary/aromatic N) is 3. The number of thiophene rings is 1. The molecule has 0 spiro atoms. The van der Waals surface area contributed by atoms with Crippen LogP contribution in [0.4, 0.5) is 11.4 Å². The van der Waals surface area contributed by atoms with Gasteiger partial charge in [-0.05, 0) is 49.4 Å². The Kier molecular flexibility index (Phi) is 4.51. The predicted molar refractivity (Wildman–Crippen MR) is 110 cm³/mol. The van der Waals surface area contributed by atoms with Crippen LogP contribution in [0.15, 0.2) is 40.6 Å². The van der Waals surface area contributed by atoms with Gasteiger partial charge in [0.25, 0.3) is 15.9 Å². The van der Waals surface area contributed by atoms with Crippen LogP contribution in [0.3, 0.4) is 0 Å². The molecule has 0 bridgehead atoms. The highest BCUT2D eigenvalue weighted by Crippen LogP contribution is 2.33. The van der Waals surface area contributed by atoms with E-state index in [1.54, 1.807) is 48.7 Å². The zero-order chi connectivity index (χ0) is 20.1. The fourth-order valence-electron chi connectivity index (χ4n) is 3.54. The lowest BCUT2D eigenvalue weighted by molar-refractivity contribution is 0.0993. The maximum Gasteiger partial charge on any atom is 0.268 e. The number of hydrogen-bond donors (Lipinski definition) is 1. The van der Waals surface area contributed by atoms with Gasteiger partial charge in [0.1, 0.15) is 4.90 Å². The molecule has 0 atom stereocenters. The highest BCUT2D eigenvalue weighted by molar-refractivity contribution is 7.92. The maximum absolute atomic E-state index is 12.9. The highest BCUT2D eigenvalue weighted by atomic mass is 32.2. The first kappa shape index (κ1) is 18.7. The minimum Gasteiger partial charge on any atom is -0.307 e. The number of aryl methyl sites for hydroxylation is 2. The van der Waals surface area contributed by atoms with Gasteiger partial charge in [0, 0.05) is 19.3 Å². The largest absolute Gasteiger partial charge is 0.307 e. The van der Waals surface area contributed by atoms with E-state index in [-0.39, 0.29) is 10.8 Å². The molecule has 3 heterocycles. The molecule has 9 heteroatoms. The van der Waals surface area contributed by atoms with Crippen molar-refractivity contribution in [1.29, 1.82) is 0 Å². The number of aromatic nitrogens is 2. The molecule has 1 aliphatic rings. The average molecular weight is 417 g/mol. The van der Waals surface area contributed by atoms with E-state index in [2.05, 4.69) is 9.82 Å². The van der Waals surface area contributed by atoms with Crippen molar-refractivity contribution < 1.29 is 13.2 Å². The summed E-state index contributed by atoms with van der Waals surface area (Å²) in [6, 6.07) is 8.98. The lowest BCUT2D eigenvalue weighted by Crippen LogP contribution is -2.28. The molecule has 1 aromatic carbocycles. The number of amides is 1. The molecule has 1 amide bonds. The van der Waals surface area contributed by atoms with Gasteiger partial charge in [-0.2, -0.15) is 5.10 Å². The van der Waals surface area contributed by atoms with Crippen molar-refractivity contribution in [3.05, 3.63) is 57.5 Å². The SMILES string of the molecule is Cc1nn(C)c(C)c1S(=O)(=O)Nc1ccc2c(c1)N(C(=O)c1cccs1)CC2. The Balaban J connectivity index is 1.66. The second-order valence-corrected chi connectivity index (χ2v) is 9.32. The molecule has 2 aromatic heterocycles. The quantitative estimate of drug-likeness (QED) is 0.708. The van der Waals surface area contributed by atoms with Crippen molar-refractivity contribution in [3.8, 4) is 0 Å². The van der Waals surface area contributed by atoms with Crippen LogP contribution in [-0.2, 0) is 23.5 Å². The molecule has 1 N–H and O–H groups in total. The summed E-state index contributed by atoms with van der Waals surface area (Å²) in [4.78, 5) is 15.3. The summed E-state index contributed by atoms with van der Waals surface area (Å²) in [5.74, 6) is -0.0623. The molecule has 146 valence electrons. The molecule has 0 aliphatic carbocycles. The minimum absolute atomic E-state index is 0.0623. The Morgan fingerprint density at radius 2 is 2.04 bits per heavy atom. The highest BCUT2D eigenvalue weighted by Gasteiger charge is 2.28. The number of carbonyl (C=O) groups is 1. The fraction of sp³-hybridized carbons (Fsp3) is 0.263. The normalized spacial score (nSPS) is 13.6. The molecular weight excluding hydrogens is 396 g/mol. The average Bonchev–Trinajstić information content (AvgIpc) is 3.34. The summed E-state index contributed by atoms with van der Waals surface area (Å²) < 4.78 is 30.0. The Morgan fingerprint density at radius 3 is 2.68 bits per heavy atom. The molecule has 0 radical (unpaired) electrons. The Morgan fingerprint density at radius 1 is 1.25 bits per heavy atom. The lowest BCUT2D eigenvalue weighted by Gasteiger charge is -2.17. The molecule has 1 aliphatic heterocycles. The topological polar surface area (TPSA) is 84.3 Å². The van der Waals surface area contributed by atoms with Gasteiger partial charge in [-0.1, -0.05) is 12.1 Å². The number of fused-ring (bicyclic) bond motifs is 1. The summed E-state index contributed by atoms with van der Waals surface area (Å²) in [5.41, 5.74) is 3.22. The minimum atomic E-state index is -3.79. The second kappa shape index (κ2) is 6.75. The van der Waals surface area contributed by atoms with Crippen LogP contribution >= 0.6 is 11.3 Å². The first-order valence-electron chi connectivity index (χ1n) is 8.79. The third-order valence-electron chi connectivity index (χ3n) is 4.92. The standard InChI is InChI=1S/C19H20N4O3S2/c1-12-18(13(2)22(3)20-12)28(25,26)21-15-7-6-14-8-9-23(16(14)11-15)19(24)17-5-4-10-27-17/h4-7,10-11,21H,8-9H2,1-3H3. The number of sulfonamides is 1. The number of nitrogens with one attached hydrogen (secondary N) is 1. The number of carbonyl (C=O) groups excluding carboxylic acids is 1. The van der Waals surface area contributed by atoms with Gasteiger partial charge in [0.05, 0.1) is 22.0 Å². The Labute approximate surface area is 167 Å². The monoisotopic (exact) mass is 416 g/mol. The van der Waals surface area contributed by atoms with Crippen LogP contribution in [0, 0.1) is 13.8 Å². The van der Waals surface area contributed by atoms with Gasteiger partial charge < -0.3 is 4.90 Å². The van der Waals surface area contributed by atoms with E-state index in [0.29, 0.717) is 28.5 Å². The molecule has 28 heavy (non-hydrogen) atoms. The maximum atomic E-state index is 12.9. The fourth-order valence-corrected chi connectivity index (χ4v) is 5.70. The van der Waals surface area contributed by atoms with E-state index >= 15 is 0 Å². The zero-order valence-electron chi connectivity index (χ0n) is 15.8. The first-order chi connectivity index (χ1) is 13.3. The van der Waals surface area contributed by atoms with Crippen LogP contribution in [0.2, 0.25) is 0 Å². The smallest absolute Gasteiger partial charge is 0.268 e. The summed E-state index contributed by atoms with van der Waals surface area (Å²) in [7, 11) is -2.07. The van der Waals surface area contributed by atoms with Gasteiger partial charge in [-0.15, -0.1) is 11.3 Å². The van der Waals surface area contributed by atoms with Gasteiger partial charge in [0.2, 0.25) is 0 Å². The van der Waals surface area contributed by atoms with Crippen molar-refractivity contribution in [2.24, 2.45) is 7.05 Å². The van der Waals surface area contributed by atoms with Crippen molar-refractivity contribution in [2.75, 3.05) is 16.2 Å². The van der Waals surface area contributed by atoms with E-state index in [1.165, 1.54) is 11.3 Å². The second-order valence-electron chi connectivity index (χ2n) is 6.76. The summed E-state index contributed by atoms with van der Waals surface area (Å²) in [6.07, 6.45) is 0.750. The van der Waals surface area contributed by atoms with Crippen molar-refractivity contribution >= 4 is 38.6 Å². The van der Waals surface area contributed by atoms with Crippen LogP contribution in [0.1, 0.15) is 26.6 Å². The third-order valence-corrected chi connectivity index (χ3v) is 7.41. The number of anilines is 2. The molecule has 0 unspecified atom stereocenters. The molecule has 0 fully saturated rings. The van der Waals surface area contributed by atoms with E-state index in [4.69, 9.17) is 0 Å². The third kappa shape index (κ3) is 3.10. The van der Waals surface area contributed by atoms with E-state index in [0.717, 1.165) is 17.7 Å². The Bertz CT molecular complexity index is 1160. The predicted octanol–water partition coefficient (Wildman–Crippen LogP) is 3.10. The van der Waals surface area contributed by atoms with Gasteiger partial charge in [-0.25, -0.2) is 8.42 Å². The summed E-state index contributed by atoms with van der Waals surface area (Å²) in [6.45, 7) is 3.98. The first-order valence-corrected chi connectivity index (χ1v) is 11.2. The lowest BCUT2D eigenvalue weighted by atomic mass is 10.1. The van der Waals surface area contributed by atoms with Crippen LogP contribution < -0.4 is 9.62 Å². The van der Waals surface area contributed by atoms with Gasteiger partial charge >= 0.3 is 0 Å². The summed E-state index contributed by atoms with van der Waals surface area (Å²) in [5, 5.41) is 6.05. The number of hydrogen-bond acceptors (Lipinski definition) is 5. The van der Waals surface area contributed by atoms with Crippen molar-refractivity contribution in [1.82, 2.24) is 9.78 Å². The molecule has 0 saturated carbocycles. The van der Waals surface area contributed by atoms with Crippen molar-refractivity contribution in [2.45, 2.75) is 25.2 Å². The van der Waals surface area contributed by atoms with Gasteiger partial charge in [-0.3, -0.25) is 14.2 Å². The van der Waals surface area contributed by atoms with Gasteiger partial charge in [0.15, 0.2) is 0 Å². The zero-order valence-corrected chi connectivity index (χ0v) is 17.4. The Hall–Kier alpha value is -2.65. The van der Waals surface area contributed by atoms with Crippen LogP contribution in [0.5, 0.6) is 0 Å². The van der Waals surface area contributed by atoms with Crippen LogP contribution in [-0.4, -0.2) is 30.7 Å². The van der Waals surface area contributed by atoms with E-state index in [9.17, 15) is 13.2 Å². The molecule has 3 aromatic rings. The molecule has 4 rings (SSSR count). The van der Waals surface area contributed by atoms with Crippen molar-refractivity contribution in [3.63, 3.8) is 0 Å². The van der Waals surface area contributed by atoms with Crippen LogP contribution in [0.25, 0.3) is 0 Å². The molecular formula is C19H20N4O3S2. The number of rotatable bonds is 4. The number of benzene rings is 1.